The van der Waals surface area contributed by atoms with Crippen LogP contribution >= 0.6 is 36.4 Å². The molecule has 0 atom stereocenters. The van der Waals surface area contributed by atoms with Crippen LogP contribution in [0.5, 0.6) is 0 Å². The van der Waals surface area contributed by atoms with Crippen LogP contribution in [0, 0.1) is 0 Å². The van der Waals surface area contributed by atoms with Crippen molar-refractivity contribution >= 4 is 57.3 Å². The Morgan fingerprint density at radius 1 is 1.22 bits per heavy atom. The van der Waals surface area contributed by atoms with Crippen LogP contribution in [-0.2, 0) is 0 Å². The van der Waals surface area contributed by atoms with Crippen LogP contribution in [0.3, 0.4) is 0 Å². The fourth-order valence-electron chi connectivity index (χ4n) is 1.81. The van der Waals surface area contributed by atoms with Crippen LogP contribution in [0.4, 0.5) is 5.69 Å². The van der Waals surface area contributed by atoms with E-state index in [-0.39, 0.29) is 18.2 Å². The Morgan fingerprint density at radius 2 is 1.78 bits per heavy atom. The molecule has 0 radical (unpaired) electrons. The number of nitrogens with zero attached hydrogens (tertiary/aromatic N) is 3. The van der Waals surface area contributed by atoms with Gasteiger partial charge in [0.15, 0.2) is 11.0 Å². The molecule has 1 aromatic rings. The largest absolute Gasteiger partial charge is 0.358 e. The molecule has 0 aliphatic heterocycles. The number of carbonyl (C=O) groups excluding carboxylic acids is 1. The molecule has 128 valence electrons. The highest BCUT2D eigenvalue weighted by molar-refractivity contribution is 8.32. The van der Waals surface area contributed by atoms with E-state index in [0.717, 1.165) is 22.6 Å². The molecule has 1 rings (SSSR count). The number of halogens is 1. The lowest BCUT2D eigenvalue weighted by Gasteiger charge is -2.23. The monoisotopic (exact) mass is 373 g/mol. The average Bonchev–Trinajstić information content (AvgIpc) is 2.48. The summed E-state index contributed by atoms with van der Waals surface area (Å²) in [5, 5.41) is 0.769. The minimum atomic E-state index is 0. The van der Waals surface area contributed by atoms with Crippen molar-refractivity contribution in [3.05, 3.63) is 29.8 Å². The summed E-state index contributed by atoms with van der Waals surface area (Å²) in [5.74, 6) is 0.00813. The molecule has 0 saturated carbocycles. The molecule has 0 unspecified atom stereocenters. The topological polar surface area (TPSA) is 35.9 Å². The first-order chi connectivity index (χ1) is 10.4. The highest BCUT2D eigenvalue weighted by Crippen LogP contribution is 2.23. The molecular formula is C16H24ClN3OS2. The number of aliphatic imine (C=N–C) groups is 1. The van der Waals surface area contributed by atoms with E-state index in [9.17, 15) is 4.79 Å². The maximum Gasteiger partial charge on any atom is 0.171 e. The third-order valence-electron chi connectivity index (χ3n) is 3.08. The van der Waals surface area contributed by atoms with Gasteiger partial charge in [0.2, 0.25) is 0 Å². The zero-order valence-corrected chi connectivity index (χ0v) is 16.6. The van der Waals surface area contributed by atoms with Gasteiger partial charge in [-0.25, -0.2) is 4.99 Å². The summed E-state index contributed by atoms with van der Waals surface area (Å²) < 4.78 is 0.790. The molecule has 0 amide bonds. The summed E-state index contributed by atoms with van der Waals surface area (Å²) in [6, 6.07) is 7.37. The van der Waals surface area contributed by atoms with Crippen molar-refractivity contribution in [2.24, 2.45) is 4.99 Å². The quantitative estimate of drug-likeness (QED) is 0.342. The van der Waals surface area contributed by atoms with E-state index in [1.807, 2.05) is 37.2 Å². The second-order valence-corrected chi connectivity index (χ2v) is 6.50. The fourth-order valence-corrected chi connectivity index (χ4v) is 3.16. The zero-order chi connectivity index (χ0) is 16.7. The van der Waals surface area contributed by atoms with Crippen molar-refractivity contribution in [3.63, 3.8) is 0 Å². The standard InChI is InChI=1S/C16H23N3OS2.ClH/c1-6-19(7-2)16(21)22-15(18(4)5)17-14-11-9-8-10-13(14)12(3)20;/h8-11H,6-7H2,1-5H3;1H/b17-15+;. The predicted molar refractivity (Wildman–Crippen MR) is 108 cm³/mol. The van der Waals surface area contributed by atoms with Crippen LogP contribution in [0.1, 0.15) is 31.1 Å². The van der Waals surface area contributed by atoms with Gasteiger partial charge in [0.25, 0.3) is 0 Å². The van der Waals surface area contributed by atoms with E-state index in [1.54, 1.807) is 13.0 Å². The van der Waals surface area contributed by atoms with Gasteiger partial charge in [0.05, 0.1) is 5.69 Å². The number of Topliss-reactive ketones (excluding diaryl/α,β-unsaturated/α-hetero) is 1. The number of thioether (sulfide) groups is 1. The average molecular weight is 374 g/mol. The van der Waals surface area contributed by atoms with Crippen molar-refractivity contribution in [2.45, 2.75) is 20.8 Å². The fraction of sp³-hybridized carbons (Fsp3) is 0.438. The van der Waals surface area contributed by atoms with Crippen LogP contribution in [-0.4, -0.2) is 52.3 Å². The first-order valence-electron chi connectivity index (χ1n) is 7.23. The maximum atomic E-state index is 11.7. The van der Waals surface area contributed by atoms with E-state index in [1.165, 1.54) is 11.8 Å². The Balaban J connectivity index is 0.00000484. The van der Waals surface area contributed by atoms with Crippen molar-refractivity contribution in [1.29, 1.82) is 0 Å². The number of thiocarbonyl (C=S) groups is 1. The van der Waals surface area contributed by atoms with Gasteiger partial charge < -0.3 is 9.80 Å². The van der Waals surface area contributed by atoms with Gasteiger partial charge in [0.1, 0.15) is 4.32 Å². The molecule has 1 aromatic carbocycles. The van der Waals surface area contributed by atoms with Crippen LogP contribution in [0.25, 0.3) is 0 Å². The third-order valence-corrected chi connectivity index (χ3v) is 4.66. The number of rotatable bonds is 4. The summed E-state index contributed by atoms with van der Waals surface area (Å²) in [7, 11) is 3.85. The van der Waals surface area contributed by atoms with Crippen LogP contribution in [0.15, 0.2) is 29.3 Å². The zero-order valence-electron chi connectivity index (χ0n) is 14.2. The molecule has 4 nitrogen and oxygen atoms in total. The first kappa shape index (κ1) is 21.9. The molecule has 0 N–H and O–H groups in total. The minimum Gasteiger partial charge on any atom is -0.358 e. The summed E-state index contributed by atoms with van der Waals surface area (Å²) in [5.41, 5.74) is 1.30. The van der Waals surface area contributed by atoms with Crippen molar-refractivity contribution < 1.29 is 4.79 Å². The molecule has 0 heterocycles. The number of amidine groups is 1. The summed E-state index contributed by atoms with van der Waals surface area (Å²) in [6.45, 7) is 7.44. The van der Waals surface area contributed by atoms with E-state index < -0.39 is 0 Å². The number of ketones is 1. The third kappa shape index (κ3) is 6.49. The molecule has 0 bridgehead atoms. The van der Waals surface area contributed by atoms with E-state index in [4.69, 9.17) is 12.2 Å². The molecule has 7 heteroatoms. The Bertz CT molecular complexity index is 572. The molecule has 0 saturated heterocycles. The van der Waals surface area contributed by atoms with Crippen LogP contribution < -0.4 is 0 Å². The van der Waals surface area contributed by atoms with Crippen LogP contribution in [0.2, 0.25) is 0 Å². The first-order valence-corrected chi connectivity index (χ1v) is 8.45. The molecule has 0 spiro atoms. The van der Waals surface area contributed by atoms with E-state index in [2.05, 4.69) is 23.7 Å². The van der Waals surface area contributed by atoms with Crippen molar-refractivity contribution in [2.75, 3.05) is 27.2 Å². The van der Waals surface area contributed by atoms with Gasteiger partial charge in [-0.05, 0) is 44.7 Å². The summed E-state index contributed by atoms with van der Waals surface area (Å²) in [6.07, 6.45) is 0. The highest BCUT2D eigenvalue weighted by atomic mass is 35.5. The lowest BCUT2D eigenvalue weighted by Crippen LogP contribution is -2.30. The second-order valence-electron chi connectivity index (χ2n) is 4.90. The molecule has 0 aliphatic carbocycles. The molecule has 0 fully saturated rings. The van der Waals surface area contributed by atoms with Gasteiger partial charge in [-0.1, -0.05) is 24.4 Å². The molecule has 0 aliphatic rings. The van der Waals surface area contributed by atoms with Crippen molar-refractivity contribution in [3.8, 4) is 0 Å². The maximum absolute atomic E-state index is 11.7. The molecule has 0 aromatic heterocycles. The number of hydrogen-bond acceptors (Lipinski definition) is 4. The summed E-state index contributed by atoms with van der Waals surface area (Å²) in [4.78, 5) is 20.4. The number of benzene rings is 1. The predicted octanol–water partition coefficient (Wildman–Crippen LogP) is 4.22. The van der Waals surface area contributed by atoms with E-state index >= 15 is 0 Å². The Kier molecular flexibility index (Phi) is 10.1. The van der Waals surface area contributed by atoms with Gasteiger partial charge in [-0.3, -0.25) is 4.79 Å². The lowest BCUT2D eigenvalue weighted by atomic mass is 10.1. The smallest absolute Gasteiger partial charge is 0.171 e. The second kappa shape index (κ2) is 10.6. The van der Waals surface area contributed by atoms with Gasteiger partial charge >= 0.3 is 0 Å². The number of carbonyl (C=O) groups is 1. The van der Waals surface area contributed by atoms with E-state index in [0.29, 0.717) is 11.3 Å². The number of hydrogen-bond donors (Lipinski definition) is 0. The SMILES string of the molecule is CCN(CC)C(=S)S/C(=N/c1ccccc1C(C)=O)N(C)C.Cl. The lowest BCUT2D eigenvalue weighted by molar-refractivity contribution is 0.101. The highest BCUT2D eigenvalue weighted by Gasteiger charge is 2.14. The summed E-state index contributed by atoms with van der Waals surface area (Å²) >= 11 is 6.93. The van der Waals surface area contributed by atoms with Gasteiger partial charge in [-0.15, -0.1) is 12.4 Å². The Morgan fingerprint density at radius 3 is 2.26 bits per heavy atom. The molecular weight excluding hydrogens is 350 g/mol. The normalized spacial score (nSPS) is 10.7. The molecule has 23 heavy (non-hydrogen) atoms. The minimum absolute atomic E-state index is 0. The Hall–Kier alpha value is -1.11. The Labute approximate surface area is 154 Å². The van der Waals surface area contributed by atoms with Gasteiger partial charge in [-0.2, -0.15) is 0 Å². The number of para-hydroxylation sites is 1. The van der Waals surface area contributed by atoms with Gasteiger partial charge in [0, 0.05) is 32.7 Å². The van der Waals surface area contributed by atoms with Crippen molar-refractivity contribution in [1.82, 2.24) is 9.80 Å².